The number of nitrogens with zero attached hydrogens (tertiary/aromatic N) is 4. The third-order valence-electron chi connectivity index (χ3n) is 6.54. The van der Waals surface area contributed by atoms with Gasteiger partial charge in [-0.1, -0.05) is 19.1 Å². The molecule has 1 fully saturated rings. The summed E-state index contributed by atoms with van der Waals surface area (Å²) in [5.74, 6) is -0.364. The molecule has 0 saturated carbocycles. The Balaban J connectivity index is 1.66. The largest absolute Gasteiger partial charge is 0.367 e. The molecule has 0 spiro atoms. The van der Waals surface area contributed by atoms with Crippen LogP contribution >= 0.6 is 0 Å². The summed E-state index contributed by atoms with van der Waals surface area (Å²) in [4.78, 5) is 22.3. The molecule has 174 valence electrons. The Morgan fingerprint density at radius 3 is 2.30 bits per heavy atom. The van der Waals surface area contributed by atoms with E-state index in [1.54, 1.807) is 24.5 Å². The Bertz CT molecular complexity index is 1090. The maximum Gasteiger partial charge on any atom is 0.268 e. The monoisotopic (exact) mass is 449 g/mol. The van der Waals surface area contributed by atoms with Gasteiger partial charge in [-0.05, 0) is 55.8 Å². The summed E-state index contributed by atoms with van der Waals surface area (Å²) in [6.45, 7) is 12.2. The van der Waals surface area contributed by atoms with E-state index in [0.29, 0.717) is 18.8 Å². The Kier molecular flexibility index (Phi) is 7.08. The number of aromatic nitrogens is 2. The molecule has 1 aliphatic rings. The molecule has 0 aliphatic carbocycles. The van der Waals surface area contributed by atoms with Crippen LogP contribution in [0, 0.1) is 19.7 Å². The van der Waals surface area contributed by atoms with Crippen LogP contribution in [0.3, 0.4) is 0 Å². The first kappa shape index (κ1) is 23.0. The van der Waals surface area contributed by atoms with Gasteiger partial charge in [0.15, 0.2) is 0 Å². The number of likely N-dealkylation sites (N-methyl/N-ethyl adjacent to an activating group) is 1. The lowest BCUT2D eigenvalue weighted by molar-refractivity contribution is 0.0941. The van der Waals surface area contributed by atoms with Crippen molar-refractivity contribution in [3.05, 3.63) is 82.7 Å². The van der Waals surface area contributed by atoms with Crippen LogP contribution in [0.4, 0.5) is 10.1 Å². The highest BCUT2D eigenvalue weighted by Crippen LogP contribution is 2.32. The van der Waals surface area contributed by atoms with Crippen molar-refractivity contribution in [2.75, 3.05) is 37.6 Å². The Morgan fingerprint density at radius 1 is 1.00 bits per heavy atom. The van der Waals surface area contributed by atoms with Crippen LogP contribution in [-0.4, -0.2) is 53.1 Å². The number of carbonyl (C=O) groups is 1. The topological polar surface area (TPSA) is 53.4 Å². The zero-order valence-electron chi connectivity index (χ0n) is 19.6. The van der Waals surface area contributed by atoms with Gasteiger partial charge in [-0.3, -0.25) is 9.78 Å². The second-order valence-electron chi connectivity index (χ2n) is 8.58. The molecule has 33 heavy (non-hydrogen) atoms. The van der Waals surface area contributed by atoms with Crippen LogP contribution in [0.2, 0.25) is 0 Å². The van der Waals surface area contributed by atoms with Crippen LogP contribution in [0.1, 0.15) is 39.8 Å². The number of carbonyl (C=O) groups excluding carboxylic acids is 1. The average molecular weight is 450 g/mol. The fourth-order valence-electron chi connectivity index (χ4n) is 4.66. The Morgan fingerprint density at radius 2 is 1.67 bits per heavy atom. The van der Waals surface area contributed by atoms with Gasteiger partial charge in [0.05, 0.1) is 5.69 Å². The normalized spacial score (nSPS) is 14.5. The number of nitrogens with one attached hydrogen (secondary N) is 1. The number of hydrogen-bond donors (Lipinski definition) is 1. The average Bonchev–Trinajstić information content (AvgIpc) is 3.08. The van der Waals surface area contributed by atoms with Gasteiger partial charge < -0.3 is 19.7 Å². The lowest BCUT2D eigenvalue weighted by Crippen LogP contribution is -2.46. The summed E-state index contributed by atoms with van der Waals surface area (Å²) in [5, 5.41) is 3.08. The van der Waals surface area contributed by atoms with Gasteiger partial charge in [0.1, 0.15) is 11.5 Å². The summed E-state index contributed by atoms with van der Waals surface area (Å²) in [5.41, 5.74) is 5.82. The highest BCUT2D eigenvalue weighted by atomic mass is 19.1. The van der Waals surface area contributed by atoms with E-state index in [1.807, 2.05) is 19.1 Å². The molecule has 4 rings (SSSR count). The molecule has 6 nitrogen and oxygen atoms in total. The van der Waals surface area contributed by atoms with Gasteiger partial charge in [0, 0.05) is 62.9 Å². The van der Waals surface area contributed by atoms with E-state index in [1.165, 1.54) is 12.1 Å². The smallest absolute Gasteiger partial charge is 0.268 e. The van der Waals surface area contributed by atoms with Crippen LogP contribution in [0.5, 0.6) is 0 Å². The Labute approximate surface area is 195 Å². The van der Waals surface area contributed by atoms with Crippen molar-refractivity contribution in [1.82, 2.24) is 19.8 Å². The minimum atomic E-state index is -0.260. The van der Waals surface area contributed by atoms with Gasteiger partial charge in [0.2, 0.25) is 0 Å². The summed E-state index contributed by atoms with van der Waals surface area (Å²) in [6.07, 6.45) is 3.45. The number of hydrogen-bond acceptors (Lipinski definition) is 4. The molecule has 1 aliphatic heterocycles. The number of anilines is 1. The molecular weight excluding hydrogens is 417 g/mol. The minimum absolute atomic E-state index is 0.104. The third kappa shape index (κ3) is 5.09. The van der Waals surface area contributed by atoms with Crippen molar-refractivity contribution >= 4 is 11.6 Å². The van der Waals surface area contributed by atoms with E-state index in [0.717, 1.165) is 60.8 Å². The SMILES string of the molecule is CCN1CCN(c2c(C)c(C(=O)NCc3ccncc3)n(Cc3ccc(F)cc3)c2C)CC1. The van der Waals surface area contributed by atoms with Gasteiger partial charge in [0.25, 0.3) is 5.91 Å². The second-order valence-corrected chi connectivity index (χ2v) is 8.58. The van der Waals surface area contributed by atoms with E-state index in [-0.39, 0.29) is 11.7 Å². The molecule has 0 radical (unpaired) electrons. The van der Waals surface area contributed by atoms with Crippen molar-refractivity contribution in [3.8, 4) is 0 Å². The number of amides is 1. The number of rotatable bonds is 7. The molecule has 3 heterocycles. The zero-order valence-corrected chi connectivity index (χ0v) is 19.6. The van der Waals surface area contributed by atoms with Crippen molar-refractivity contribution in [2.24, 2.45) is 0 Å². The fraction of sp³-hybridized carbons (Fsp3) is 0.385. The van der Waals surface area contributed by atoms with Crippen molar-refractivity contribution in [3.63, 3.8) is 0 Å². The maximum absolute atomic E-state index is 13.5. The van der Waals surface area contributed by atoms with Gasteiger partial charge in [-0.25, -0.2) is 4.39 Å². The second kappa shape index (κ2) is 10.2. The van der Waals surface area contributed by atoms with E-state index in [9.17, 15) is 9.18 Å². The molecule has 1 N–H and O–H groups in total. The molecule has 0 atom stereocenters. The first-order valence-corrected chi connectivity index (χ1v) is 11.6. The predicted octanol–water partition coefficient (Wildman–Crippen LogP) is 3.76. The molecule has 3 aromatic rings. The lowest BCUT2D eigenvalue weighted by Gasteiger charge is -2.36. The van der Waals surface area contributed by atoms with E-state index < -0.39 is 0 Å². The van der Waals surface area contributed by atoms with Gasteiger partial charge in [-0.2, -0.15) is 0 Å². The highest BCUT2D eigenvalue weighted by molar-refractivity contribution is 5.96. The maximum atomic E-state index is 13.5. The van der Waals surface area contributed by atoms with Crippen LogP contribution in [-0.2, 0) is 13.1 Å². The third-order valence-corrected chi connectivity index (χ3v) is 6.54. The molecule has 1 saturated heterocycles. The molecule has 1 aromatic carbocycles. The van der Waals surface area contributed by atoms with Crippen LogP contribution in [0.15, 0.2) is 48.8 Å². The summed E-state index contributed by atoms with van der Waals surface area (Å²) >= 11 is 0. The summed E-state index contributed by atoms with van der Waals surface area (Å²) < 4.78 is 15.5. The molecule has 7 heteroatoms. The standard InChI is InChI=1S/C26H32FN5O/c1-4-30-13-15-31(16-14-30)24-19(2)25(26(33)29-17-21-9-11-28-12-10-21)32(20(24)3)18-22-5-7-23(27)8-6-22/h5-12H,4,13-18H2,1-3H3,(H,29,33). The first-order chi connectivity index (χ1) is 16.0. The van der Waals surface area contributed by atoms with Crippen molar-refractivity contribution < 1.29 is 9.18 Å². The van der Waals surface area contributed by atoms with Crippen LogP contribution < -0.4 is 10.2 Å². The number of benzene rings is 1. The van der Waals surface area contributed by atoms with Gasteiger partial charge >= 0.3 is 0 Å². The summed E-state index contributed by atoms with van der Waals surface area (Å²) in [7, 11) is 0. The minimum Gasteiger partial charge on any atom is -0.367 e. The molecular formula is C26H32FN5O. The molecule has 0 unspecified atom stereocenters. The van der Waals surface area contributed by atoms with E-state index in [4.69, 9.17) is 0 Å². The number of piperazine rings is 1. The highest BCUT2D eigenvalue weighted by Gasteiger charge is 2.27. The van der Waals surface area contributed by atoms with E-state index >= 15 is 0 Å². The molecule has 0 bridgehead atoms. The number of halogens is 1. The lowest BCUT2D eigenvalue weighted by atomic mass is 10.1. The van der Waals surface area contributed by atoms with Crippen molar-refractivity contribution in [1.29, 1.82) is 0 Å². The fourth-order valence-corrected chi connectivity index (χ4v) is 4.66. The van der Waals surface area contributed by atoms with Gasteiger partial charge in [-0.15, -0.1) is 0 Å². The molecule has 1 amide bonds. The Hall–Kier alpha value is -3.19. The molecule has 2 aromatic heterocycles. The van der Waals surface area contributed by atoms with E-state index in [2.05, 4.69) is 38.5 Å². The quantitative estimate of drug-likeness (QED) is 0.597. The number of pyridine rings is 1. The predicted molar refractivity (Wildman–Crippen MR) is 129 cm³/mol. The zero-order chi connectivity index (χ0) is 23.4. The summed E-state index contributed by atoms with van der Waals surface area (Å²) in [6, 6.07) is 10.3. The van der Waals surface area contributed by atoms with Crippen molar-refractivity contribution in [2.45, 2.75) is 33.9 Å². The first-order valence-electron chi connectivity index (χ1n) is 11.6. The van der Waals surface area contributed by atoms with Crippen LogP contribution in [0.25, 0.3) is 0 Å².